The first-order valence-corrected chi connectivity index (χ1v) is 9.27. The Hall–Kier alpha value is -1.66. The van der Waals surface area contributed by atoms with Gasteiger partial charge in [0.15, 0.2) is 0 Å². The molecule has 0 aliphatic heterocycles. The second-order valence-electron chi connectivity index (χ2n) is 5.59. The number of para-hydroxylation sites is 1. The number of fused-ring (bicyclic) bond motifs is 1. The fourth-order valence-electron chi connectivity index (χ4n) is 2.66. The third kappa shape index (κ3) is 3.65. The Labute approximate surface area is 158 Å². The van der Waals surface area contributed by atoms with E-state index >= 15 is 0 Å². The van der Waals surface area contributed by atoms with E-state index in [9.17, 15) is 8.76 Å². The second-order valence-corrected chi connectivity index (χ2v) is 7.29. The van der Waals surface area contributed by atoms with Crippen molar-refractivity contribution in [3.05, 3.63) is 63.3 Å². The molecule has 1 heterocycles. The Morgan fingerprint density at radius 3 is 2.68 bits per heavy atom. The van der Waals surface area contributed by atoms with Crippen LogP contribution in [0.5, 0.6) is 5.75 Å². The van der Waals surface area contributed by atoms with Gasteiger partial charge in [0.2, 0.25) is 0 Å². The Morgan fingerprint density at radius 1 is 1.20 bits per heavy atom. The van der Waals surface area contributed by atoms with Crippen LogP contribution in [-0.2, 0) is 17.7 Å². The largest absolute Gasteiger partial charge is 0.768 e. The molecule has 0 saturated heterocycles. The molecule has 0 aliphatic rings. The predicted molar refractivity (Wildman–Crippen MR) is 99.2 cm³/mol. The first-order valence-electron chi connectivity index (χ1n) is 7.44. The minimum atomic E-state index is -2.44. The van der Waals surface area contributed by atoms with Crippen LogP contribution < -0.4 is 4.74 Å². The van der Waals surface area contributed by atoms with Gasteiger partial charge in [0.05, 0.1) is 5.02 Å². The van der Waals surface area contributed by atoms with E-state index in [1.54, 1.807) is 0 Å². The van der Waals surface area contributed by atoms with E-state index in [2.05, 4.69) is 4.98 Å². The molecule has 25 heavy (non-hydrogen) atoms. The summed E-state index contributed by atoms with van der Waals surface area (Å²) in [6.07, 6.45) is 0. The Morgan fingerprint density at radius 2 is 1.96 bits per heavy atom. The quantitative estimate of drug-likeness (QED) is 0.585. The first kappa shape index (κ1) is 18.1. The van der Waals surface area contributed by atoms with Crippen LogP contribution in [0.1, 0.15) is 16.8 Å². The van der Waals surface area contributed by atoms with Crippen LogP contribution in [0.25, 0.3) is 10.9 Å². The van der Waals surface area contributed by atoms with Gasteiger partial charge < -0.3 is 9.29 Å². The molecule has 0 bridgehead atoms. The number of halogens is 2. The van der Waals surface area contributed by atoms with Crippen molar-refractivity contribution in [2.75, 3.05) is 0 Å². The summed E-state index contributed by atoms with van der Waals surface area (Å²) in [5.41, 5.74) is 3.16. The molecule has 0 radical (unpaired) electrons. The van der Waals surface area contributed by atoms with Gasteiger partial charge in [-0.25, -0.2) is 4.98 Å². The van der Waals surface area contributed by atoms with Gasteiger partial charge >= 0.3 is 0 Å². The van der Waals surface area contributed by atoms with Crippen molar-refractivity contribution in [1.82, 2.24) is 4.98 Å². The highest BCUT2D eigenvalue weighted by Crippen LogP contribution is 2.32. The Kier molecular flexibility index (Phi) is 5.29. The third-order valence-corrected chi connectivity index (χ3v) is 5.44. The SMILES string of the molecule is Cc1cc(C)c2cccc(OCc3c(Cl)ccc(S(=O)[O-])c3Cl)c2n1. The highest BCUT2D eigenvalue weighted by Gasteiger charge is 2.14. The molecule has 7 heteroatoms. The van der Waals surface area contributed by atoms with Crippen molar-refractivity contribution >= 4 is 45.2 Å². The maximum absolute atomic E-state index is 11.2. The van der Waals surface area contributed by atoms with Gasteiger partial charge in [-0.05, 0) is 54.8 Å². The number of ether oxygens (including phenoxy) is 1. The molecule has 0 fully saturated rings. The normalized spacial score (nSPS) is 12.4. The van der Waals surface area contributed by atoms with E-state index in [1.807, 2.05) is 38.1 Å². The van der Waals surface area contributed by atoms with Crippen molar-refractivity contribution in [2.45, 2.75) is 25.3 Å². The van der Waals surface area contributed by atoms with Gasteiger partial charge in [0, 0.05) is 26.6 Å². The standard InChI is InChI=1S/C18H15Cl2NO3S/c1-10-8-11(2)21-18-12(10)4-3-5-15(18)24-9-13-14(19)6-7-16(17(13)20)25(22)23/h3-8H,9H2,1-2H3,(H,22,23)/p-1. The van der Waals surface area contributed by atoms with Crippen molar-refractivity contribution in [3.8, 4) is 5.75 Å². The average Bonchev–Trinajstić information content (AvgIpc) is 2.54. The van der Waals surface area contributed by atoms with E-state index in [4.69, 9.17) is 27.9 Å². The molecule has 0 spiro atoms. The topological polar surface area (TPSA) is 62.2 Å². The molecule has 4 nitrogen and oxygen atoms in total. The van der Waals surface area contributed by atoms with Gasteiger partial charge in [-0.15, -0.1) is 0 Å². The molecular formula is C18H14Cl2NO3S-. The van der Waals surface area contributed by atoms with Gasteiger partial charge in [-0.2, -0.15) is 0 Å². The Balaban J connectivity index is 1.99. The monoisotopic (exact) mass is 394 g/mol. The molecule has 0 amide bonds. The number of pyridine rings is 1. The molecule has 0 aliphatic carbocycles. The lowest BCUT2D eigenvalue weighted by Crippen LogP contribution is -2.02. The highest BCUT2D eigenvalue weighted by atomic mass is 35.5. The smallest absolute Gasteiger partial charge is 0.146 e. The summed E-state index contributed by atoms with van der Waals surface area (Å²) in [6, 6.07) is 10.5. The number of rotatable bonds is 4. The van der Waals surface area contributed by atoms with Crippen LogP contribution in [0.15, 0.2) is 41.3 Å². The average molecular weight is 395 g/mol. The molecule has 0 saturated carbocycles. The summed E-state index contributed by atoms with van der Waals surface area (Å²) in [6.45, 7) is 3.97. The van der Waals surface area contributed by atoms with Gasteiger partial charge in [-0.1, -0.05) is 35.3 Å². The summed E-state index contributed by atoms with van der Waals surface area (Å²) >= 11 is 9.89. The van der Waals surface area contributed by atoms with Gasteiger partial charge in [0.1, 0.15) is 17.9 Å². The number of hydrogen-bond acceptors (Lipinski definition) is 4. The summed E-state index contributed by atoms with van der Waals surface area (Å²) < 4.78 is 28.3. The van der Waals surface area contributed by atoms with Crippen LogP contribution in [0.3, 0.4) is 0 Å². The minimum Gasteiger partial charge on any atom is -0.768 e. The number of aromatic nitrogens is 1. The Bertz CT molecular complexity index is 992. The maximum Gasteiger partial charge on any atom is 0.146 e. The summed E-state index contributed by atoms with van der Waals surface area (Å²) in [5, 5.41) is 1.41. The first-order chi connectivity index (χ1) is 11.9. The van der Waals surface area contributed by atoms with Crippen LogP contribution in [0.2, 0.25) is 10.0 Å². The van der Waals surface area contributed by atoms with Gasteiger partial charge in [-0.3, -0.25) is 4.21 Å². The number of aryl methyl sites for hydroxylation is 2. The second kappa shape index (κ2) is 7.30. The van der Waals surface area contributed by atoms with Crippen LogP contribution in [0.4, 0.5) is 0 Å². The third-order valence-electron chi connectivity index (χ3n) is 3.84. The molecule has 130 valence electrons. The number of nitrogens with zero attached hydrogens (tertiary/aromatic N) is 1. The molecule has 3 rings (SSSR count). The van der Waals surface area contributed by atoms with E-state index in [1.165, 1.54) is 12.1 Å². The maximum atomic E-state index is 11.2. The van der Waals surface area contributed by atoms with Crippen LogP contribution in [-0.4, -0.2) is 13.7 Å². The lowest BCUT2D eigenvalue weighted by Gasteiger charge is -2.15. The molecule has 3 aromatic rings. The molecular weight excluding hydrogens is 381 g/mol. The minimum absolute atomic E-state index is 0.00704. The van der Waals surface area contributed by atoms with Crippen LogP contribution in [0, 0.1) is 13.8 Å². The van der Waals surface area contributed by atoms with Crippen molar-refractivity contribution in [3.63, 3.8) is 0 Å². The predicted octanol–water partition coefficient (Wildman–Crippen LogP) is 4.98. The zero-order valence-electron chi connectivity index (χ0n) is 13.5. The van der Waals surface area contributed by atoms with Crippen LogP contribution >= 0.6 is 23.2 Å². The summed E-state index contributed by atoms with van der Waals surface area (Å²) in [7, 11) is 0. The van der Waals surface area contributed by atoms with E-state index in [-0.39, 0.29) is 16.5 Å². The van der Waals surface area contributed by atoms with Gasteiger partial charge in [0.25, 0.3) is 0 Å². The number of hydrogen-bond donors (Lipinski definition) is 0. The van der Waals surface area contributed by atoms with E-state index in [0.717, 1.165) is 22.2 Å². The lowest BCUT2D eigenvalue weighted by molar-refractivity contribution is 0.309. The lowest BCUT2D eigenvalue weighted by atomic mass is 10.1. The van der Waals surface area contributed by atoms with Crippen molar-refractivity contribution in [2.24, 2.45) is 0 Å². The zero-order chi connectivity index (χ0) is 18.1. The molecule has 2 aromatic carbocycles. The highest BCUT2D eigenvalue weighted by molar-refractivity contribution is 7.79. The van der Waals surface area contributed by atoms with Crippen molar-refractivity contribution < 1.29 is 13.5 Å². The fourth-order valence-corrected chi connectivity index (χ4v) is 3.78. The molecule has 1 aromatic heterocycles. The summed E-state index contributed by atoms with van der Waals surface area (Å²) in [5.74, 6) is 0.588. The molecule has 1 unspecified atom stereocenters. The fraction of sp³-hybridized carbons (Fsp3) is 0.167. The zero-order valence-corrected chi connectivity index (χ0v) is 15.8. The van der Waals surface area contributed by atoms with E-state index < -0.39 is 11.1 Å². The molecule has 0 N–H and O–H groups in total. The number of benzene rings is 2. The van der Waals surface area contributed by atoms with Crippen molar-refractivity contribution in [1.29, 1.82) is 0 Å². The summed E-state index contributed by atoms with van der Waals surface area (Å²) in [4.78, 5) is 4.54. The van der Waals surface area contributed by atoms with E-state index in [0.29, 0.717) is 16.3 Å². The molecule has 1 atom stereocenters.